The van der Waals surface area contributed by atoms with Gasteiger partial charge in [-0.15, -0.1) is 0 Å². The highest BCUT2D eigenvalue weighted by atomic mass is 16.4. The van der Waals surface area contributed by atoms with Gasteiger partial charge in [0.15, 0.2) is 5.60 Å². The molecule has 0 aliphatic carbocycles. The minimum absolute atomic E-state index is 0.582. The second-order valence-electron chi connectivity index (χ2n) is 3.93. The molecule has 0 aliphatic rings. The molecule has 5 heteroatoms. The first-order valence-electron chi connectivity index (χ1n) is 5.10. The molecule has 0 saturated heterocycles. The first-order chi connectivity index (χ1) is 7.88. The number of aliphatic hydroxyl groups is 1. The van der Waals surface area contributed by atoms with Crippen LogP contribution >= 0.6 is 0 Å². The fourth-order valence-electron chi connectivity index (χ4n) is 1.66. The number of carboxylic acid groups (broad SMARTS) is 2. The number of carbonyl (C=O) groups is 2. The van der Waals surface area contributed by atoms with E-state index in [2.05, 4.69) is 0 Å². The molecule has 0 fully saturated rings. The summed E-state index contributed by atoms with van der Waals surface area (Å²) in [6.07, 6.45) is -0.835. The summed E-state index contributed by atoms with van der Waals surface area (Å²) in [6.45, 7) is 1.49. The summed E-state index contributed by atoms with van der Waals surface area (Å²) >= 11 is 0. The summed E-state index contributed by atoms with van der Waals surface area (Å²) < 4.78 is 0. The molecule has 0 aromatic heterocycles. The molecule has 0 aliphatic heterocycles. The van der Waals surface area contributed by atoms with Gasteiger partial charge in [-0.2, -0.15) is 0 Å². The lowest BCUT2D eigenvalue weighted by atomic mass is 9.81. The number of rotatable bonds is 5. The summed E-state index contributed by atoms with van der Waals surface area (Å²) in [5, 5.41) is 27.7. The number of aliphatic carboxylic acids is 2. The van der Waals surface area contributed by atoms with Crippen LogP contribution in [0.3, 0.4) is 0 Å². The summed E-state index contributed by atoms with van der Waals surface area (Å²) in [5.41, 5.74) is -1.72. The molecule has 0 saturated carbocycles. The van der Waals surface area contributed by atoms with Gasteiger partial charge in [0, 0.05) is 5.92 Å². The van der Waals surface area contributed by atoms with Crippen molar-refractivity contribution in [2.24, 2.45) is 0 Å². The predicted octanol–water partition coefficient (Wildman–Crippen LogP) is 1.08. The van der Waals surface area contributed by atoms with Crippen LogP contribution in [-0.4, -0.2) is 32.9 Å². The van der Waals surface area contributed by atoms with E-state index < -0.39 is 29.9 Å². The average Bonchev–Trinajstić information content (AvgIpc) is 2.28. The number of hydrogen-bond acceptors (Lipinski definition) is 3. The van der Waals surface area contributed by atoms with E-state index in [1.807, 2.05) is 0 Å². The highest BCUT2D eigenvalue weighted by Gasteiger charge is 2.44. The third-order valence-corrected chi connectivity index (χ3v) is 2.81. The van der Waals surface area contributed by atoms with Gasteiger partial charge in [-0.1, -0.05) is 37.3 Å². The van der Waals surface area contributed by atoms with E-state index in [0.29, 0.717) is 5.56 Å². The minimum Gasteiger partial charge on any atom is -0.481 e. The lowest BCUT2D eigenvalue weighted by Gasteiger charge is -2.28. The van der Waals surface area contributed by atoms with Gasteiger partial charge in [0.1, 0.15) is 0 Å². The van der Waals surface area contributed by atoms with Crippen LogP contribution in [0.1, 0.15) is 24.8 Å². The molecule has 3 N–H and O–H groups in total. The van der Waals surface area contributed by atoms with Crippen molar-refractivity contribution in [3.05, 3.63) is 35.9 Å². The Hall–Kier alpha value is -1.88. The van der Waals surface area contributed by atoms with Gasteiger partial charge in [-0.25, -0.2) is 4.79 Å². The van der Waals surface area contributed by atoms with Crippen molar-refractivity contribution in [3.8, 4) is 0 Å². The first-order valence-corrected chi connectivity index (χ1v) is 5.10. The second kappa shape index (κ2) is 4.97. The normalized spacial score (nSPS) is 15.9. The maximum absolute atomic E-state index is 11.1. The second-order valence-corrected chi connectivity index (χ2v) is 3.93. The van der Waals surface area contributed by atoms with E-state index in [0.717, 1.165) is 0 Å². The molecule has 0 amide bonds. The molecule has 1 aromatic rings. The fourth-order valence-corrected chi connectivity index (χ4v) is 1.66. The van der Waals surface area contributed by atoms with E-state index in [1.165, 1.54) is 6.92 Å². The van der Waals surface area contributed by atoms with Crippen LogP contribution in [0.15, 0.2) is 30.3 Å². The Labute approximate surface area is 98.3 Å². The fraction of sp³-hybridized carbons (Fsp3) is 0.333. The molecule has 2 atom stereocenters. The van der Waals surface area contributed by atoms with Crippen LogP contribution in [0, 0.1) is 0 Å². The topological polar surface area (TPSA) is 94.8 Å². The highest BCUT2D eigenvalue weighted by Crippen LogP contribution is 2.31. The van der Waals surface area contributed by atoms with E-state index in [4.69, 9.17) is 10.2 Å². The van der Waals surface area contributed by atoms with Crippen LogP contribution in [0.5, 0.6) is 0 Å². The molecule has 1 rings (SSSR count). The molecule has 0 spiro atoms. The van der Waals surface area contributed by atoms with Crippen LogP contribution in [-0.2, 0) is 9.59 Å². The first kappa shape index (κ1) is 13.2. The Balaban J connectivity index is 3.07. The molecule has 2 unspecified atom stereocenters. The molecule has 1 aromatic carbocycles. The standard InChI is InChI=1S/C12H14O5/c1-8(9-5-3-2-4-6-9)12(17,11(15)16)7-10(13)14/h2-6,8,17H,7H2,1H3,(H,13,14)(H,15,16). The van der Waals surface area contributed by atoms with Crippen LogP contribution in [0.25, 0.3) is 0 Å². The molecule has 92 valence electrons. The van der Waals surface area contributed by atoms with Crippen LogP contribution in [0.2, 0.25) is 0 Å². The maximum atomic E-state index is 11.1. The van der Waals surface area contributed by atoms with Gasteiger partial charge < -0.3 is 15.3 Å². The predicted molar refractivity (Wildman–Crippen MR) is 59.7 cm³/mol. The highest BCUT2D eigenvalue weighted by molar-refractivity contribution is 5.84. The number of hydrogen-bond donors (Lipinski definition) is 3. The Morgan fingerprint density at radius 2 is 1.76 bits per heavy atom. The third kappa shape index (κ3) is 2.82. The van der Waals surface area contributed by atoms with Gasteiger partial charge in [-0.3, -0.25) is 4.79 Å². The molecule has 0 radical (unpaired) electrons. The Bertz CT molecular complexity index is 414. The lowest BCUT2D eigenvalue weighted by Crippen LogP contribution is -2.45. The summed E-state index contributed by atoms with van der Waals surface area (Å²) in [5.74, 6) is -3.69. The van der Waals surface area contributed by atoms with E-state index in [9.17, 15) is 14.7 Å². The van der Waals surface area contributed by atoms with Gasteiger partial charge in [-0.05, 0) is 5.56 Å². The molecule has 17 heavy (non-hydrogen) atoms. The number of carboxylic acids is 2. The number of benzene rings is 1. The molecule has 5 nitrogen and oxygen atoms in total. The van der Waals surface area contributed by atoms with Gasteiger partial charge in [0.2, 0.25) is 0 Å². The quantitative estimate of drug-likeness (QED) is 0.713. The van der Waals surface area contributed by atoms with Gasteiger partial charge in [0.05, 0.1) is 6.42 Å². The van der Waals surface area contributed by atoms with Crippen molar-refractivity contribution >= 4 is 11.9 Å². The smallest absolute Gasteiger partial charge is 0.336 e. The average molecular weight is 238 g/mol. The van der Waals surface area contributed by atoms with Crippen LogP contribution in [0.4, 0.5) is 0 Å². The molecule has 0 heterocycles. The Kier molecular flexibility index (Phi) is 3.85. The van der Waals surface area contributed by atoms with Crippen LogP contribution < -0.4 is 0 Å². The summed E-state index contributed by atoms with van der Waals surface area (Å²) in [6, 6.07) is 8.47. The van der Waals surface area contributed by atoms with Crippen molar-refractivity contribution in [2.45, 2.75) is 24.9 Å². The van der Waals surface area contributed by atoms with Gasteiger partial charge in [0.25, 0.3) is 0 Å². The summed E-state index contributed by atoms with van der Waals surface area (Å²) in [7, 11) is 0. The maximum Gasteiger partial charge on any atom is 0.336 e. The summed E-state index contributed by atoms with van der Waals surface area (Å²) in [4.78, 5) is 21.7. The third-order valence-electron chi connectivity index (χ3n) is 2.81. The van der Waals surface area contributed by atoms with E-state index in [-0.39, 0.29) is 0 Å². The van der Waals surface area contributed by atoms with Gasteiger partial charge >= 0.3 is 11.9 Å². The minimum atomic E-state index is -2.30. The van der Waals surface area contributed by atoms with Crippen molar-refractivity contribution in [3.63, 3.8) is 0 Å². The Morgan fingerprint density at radius 1 is 1.24 bits per heavy atom. The van der Waals surface area contributed by atoms with E-state index in [1.54, 1.807) is 30.3 Å². The largest absolute Gasteiger partial charge is 0.481 e. The zero-order valence-electron chi connectivity index (χ0n) is 9.33. The Morgan fingerprint density at radius 3 is 2.18 bits per heavy atom. The monoisotopic (exact) mass is 238 g/mol. The zero-order chi connectivity index (χ0) is 13.1. The van der Waals surface area contributed by atoms with Crippen molar-refractivity contribution in [1.82, 2.24) is 0 Å². The lowest BCUT2D eigenvalue weighted by molar-refractivity contribution is -0.167. The van der Waals surface area contributed by atoms with Crippen molar-refractivity contribution in [1.29, 1.82) is 0 Å². The zero-order valence-corrected chi connectivity index (χ0v) is 9.33. The van der Waals surface area contributed by atoms with Crippen molar-refractivity contribution < 1.29 is 24.9 Å². The molecule has 0 bridgehead atoms. The SMILES string of the molecule is CC(c1ccccc1)C(O)(CC(=O)O)C(=O)O. The molecular weight excluding hydrogens is 224 g/mol. The van der Waals surface area contributed by atoms with E-state index >= 15 is 0 Å². The van der Waals surface area contributed by atoms with Crippen molar-refractivity contribution in [2.75, 3.05) is 0 Å². The molecular formula is C12H14O5.